The Bertz CT molecular complexity index is 1120. The molecular formula is C55H96O6. The fourth-order valence-electron chi connectivity index (χ4n) is 7.14. The molecule has 0 amide bonds. The van der Waals surface area contributed by atoms with Crippen LogP contribution in [0.5, 0.6) is 0 Å². The van der Waals surface area contributed by atoms with Gasteiger partial charge in [0.05, 0.1) is 0 Å². The minimum Gasteiger partial charge on any atom is -0.462 e. The van der Waals surface area contributed by atoms with Crippen LogP contribution in [0.25, 0.3) is 0 Å². The molecule has 0 fully saturated rings. The maximum atomic E-state index is 12.7. The highest BCUT2D eigenvalue weighted by Gasteiger charge is 2.19. The van der Waals surface area contributed by atoms with Crippen molar-refractivity contribution in [2.75, 3.05) is 13.2 Å². The van der Waals surface area contributed by atoms with E-state index < -0.39 is 12.1 Å². The molecule has 352 valence electrons. The van der Waals surface area contributed by atoms with Gasteiger partial charge in [-0.2, -0.15) is 0 Å². The average molecular weight is 853 g/mol. The lowest BCUT2D eigenvalue weighted by molar-refractivity contribution is -0.166. The number of hydrogen-bond acceptors (Lipinski definition) is 6. The van der Waals surface area contributed by atoms with Crippen molar-refractivity contribution in [1.82, 2.24) is 0 Å². The molecule has 0 radical (unpaired) electrons. The molecule has 0 spiro atoms. The summed E-state index contributed by atoms with van der Waals surface area (Å²) >= 11 is 0. The molecule has 0 saturated heterocycles. The quantitative estimate of drug-likeness (QED) is 0.0263. The third kappa shape index (κ3) is 48.0. The molecule has 0 aliphatic carbocycles. The second kappa shape index (κ2) is 49.8. The van der Waals surface area contributed by atoms with E-state index in [0.29, 0.717) is 19.3 Å². The van der Waals surface area contributed by atoms with E-state index in [1.54, 1.807) is 0 Å². The molecule has 61 heavy (non-hydrogen) atoms. The third-order valence-corrected chi connectivity index (χ3v) is 11.0. The summed E-state index contributed by atoms with van der Waals surface area (Å²) in [6.45, 7) is 6.43. The zero-order valence-electron chi connectivity index (χ0n) is 40.2. The van der Waals surface area contributed by atoms with Crippen LogP contribution >= 0.6 is 0 Å². The van der Waals surface area contributed by atoms with E-state index >= 15 is 0 Å². The normalized spacial score (nSPS) is 12.5. The second-order valence-corrected chi connectivity index (χ2v) is 17.1. The first-order chi connectivity index (χ1) is 30.0. The van der Waals surface area contributed by atoms with Crippen molar-refractivity contribution in [3.8, 4) is 0 Å². The van der Waals surface area contributed by atoms with Gasteiger partial charge in [-0.05, 0) is 64.2 Å². The first-order valence-corrected chi connectivity index (χ1v) is 25.8. The first-order valence-electron chi connectivity index (χ1n) is 25.8. The van der Waals surface area contributed by atoms with Crippen LogP contribution in [0.4, 0.5) is 0 Å². The summed E-state index contributed by atoms with van der Waals surface area (Å²) in [6, 6.07) is 0. The van der Waals surface area contributed by atoms with Crippen molar-refractivity contribution < 1.29 is 28.6 Å². The summed E-state index contributed by atoms with van der Waals surface area (Å²) in [4.78, 5) is 37.9. The van der Waals surface area contributed by atoms with E-state index in [1.165, 1.54) is 128 Å². The molecule has 6 heteroatoms. The van der Waals surface area contributed by atoms with Gasteiger partial charge >= 0.3 is 17.9 Å². The van der Waals surface area contributed by atoms with Gasteiger partial charge in [0, 0.05) is 19.3 Å². The number of ether oxygens (including phenoxy) is 3. The van der Waals surface area contributed by atoms with Crippen LogP contribution in [-0.2, 0) is 28.6 Å². The van der Waals surface area contributed by atoms with Crippen LogP contribution in [-0.4, -0.2) is 37.2 Å². The van der Waals surface area contributed by atoms with Crippen LogP contribution in [0.3, 0.4) is 0 Å². The fourth-order valence-corrected chi connectivity index (χ4v) is 7.14. The van der Waals surface area contributed by atoms with E-state index in [9.17, 15) is 14.4 Å². The van der Waals surface area contributed by atoms with E-state index in [4.69, 9.17) is 14.2 Å². The molecule has 0 rings (SSSR count). The Hall–Kier alpha value is -2.89. The van der Waals surface area contributed by atoms with Crippen LogP contribution in [0.2, 0.25) is 0 Å². The van der Waals surface area contributed by atoms with Gasteiger partial charge in [-0.3, -0.25) is 14.4 Å². The Morgan fingerprint density at radius 3 is 1.11 bits per heavy atom. The maximum absolute atomic E-state index is 12.7. The molecule has 0 aromatic carbocycles. The van der Waals surface area contributed by atoms with E-state index in [0.717, 1.165) is 77.0 Å². The largest absolute Gasteiger partial charge is 0.462 e. The van der Waals surface area contributed by atoms with Gasteiger partial charge in [-0.1, -0.05) is 229 Å². The van der Waals surface area contributed by atoms with Crippen molar-refractivity contribution in [3.05, 3.63) is 60.8 Å². The summed E-state index contributed by atoms with van der Waals surface area (Å²) < 4.78 is 16.7. The molecule has 0 aliphatic heterocycles. The molecule has 1 atom stereocenters. The molecule has 0 saturated carbocycles. The number of carbonyl (C=O) groups is 3. The smallest absolute Gasteiger partial charge is 0.306 e. The van der Waals surface area contributed by atoms with Gasteiger partial charge in [-0.15, -0.1) is 0 Å². The molecule has 0 aromatic heterocycles. The number of unbranched alkanes of at least 4 members (excludes halogenated alkanes) is 25. The zero-order valence-corrected chi connectivity index (χ0v) is 40.2. The molecular weight excluding hydrogens is 757 g/mol. The van der Waals surface area contributed by atoms with Crippen molar-refractivity contribution >= 4 is 17.9 Å². The Morgan fingerprint density at radius 1 is 0.344 bits per heavy atom. The Kier molecular flexibility index (Phi) is 47.4. The van der Waals surface area contributed by atoms with Gasteiger partial charge < -0.3 is 14.2 Å². The predicted octanol–water partition coefficient (Wildman–Crippen LogP) is 16.9. The summed E-state index contributed by atoms with van der Waals surface area (Å²) in [5, 5.41) is 0. The first kappa shape index (κ1) is 58.1. The number of esters is 3. The van der Waals surface area contributed by atoms with Crippen molar-refractivity contribution in [1.29, 1.82) is 0 Å². The lowest BCUT2D eigenvalue weighted by Gasteiger charge is -2.18. The molecule has 0 heterocycles. The highest BCUT2D eigenvalue weighted by molar-refractivity contribution is 5.71. The fraction of sp³-hybridized carbons (Fsp3) is 0.764. The summed E-state index contributed by atoms with van der Waals surface area (Å²) in [5.74, 6) is -0.991. The minimum absolute atomic E-state index is 0.103. The van der Waals surface area contributed by atoms with Crippen LogP contribution < -0.4 is 0 Å². The molecule has 0 bridgehead atoms. The molecule has 0 aliphatic rings. The average Bonchev–Trinajstić information content (AvgIpc) is 3.26. The monoisotopic (exact) mass is 853 g/mol. The Labute approximate surface area is 377 Å². The summed E-state index contributed by atoms with van der Waals surface area (Å²) in [7, 11) is 0. The third-order valence-electron chi connectivity index (χ3n) is 11.0. The van der Waals surface area contributed by atoms with Gasteiger partial charge in [0.1, 0.15) is 13.2 Å². The van der Waals surface area contributed by atoms with Crippen molar-refractivity contribution in [2.45, 2.75) is 258 Å². The SMILES string of the molecule is CC/C=C\C/C=C\C/C=C\C/C=C\CCC(=O)OC(COC(=O)CCCCCCC/C=C\CCCC)COC(=O)CCCCCCCCCCCCCCCCCCCCC. The number of carbonyl (C=O) groups excluding carboxylic acids is 3. The number of allylic oxidation sites excluding steroid dienone is 10. The standard InChI is InChI=1S/C55H96O6/c1-4-7-10-13-16-19-22-24-25-26-27-28-29-31-33-36-39-42-45-48-54(57)60-51-52(50-59-53(56)47-44-41-38-35-32-21-18-15-12-9-6-3)61-55(58)49-46-43-40-37-34-30-23-20-17-14-11-8-5-2/h8,11,15,17-18,20,30,34,40,43,52H,4-7,9-10,12-14,16,19,21-29,31-33,35-39,41-42,44-51H2,1-3H3/b11-8-,18-15-,20-17-,34-30-,43-40-. The van der Waals surface area contributed by atoms with Gasteiger partial charge in [0.25, 0.3) is 0 Å². The number of rotatable bonds is 46. The molecule has 0 N–H and O–H groups in total. The van der Waals surface area contributed by atoms with E-state index in [1.807, 2.05) is 12.2 Å². The topological polar surface area (TPSA) is 78.9 Å². The highest BCUT2D eigenvalue weighted by Crippen LogP contribution is 2.16. The highest BCUT2D eigenvalue weighted by atomic mass is 16.6. The molecule has 6 nitrogen and oxygen atoms in total. The summed E-state index contributed by atoms with van der Waals surface area (Å²) in [6.07, 6.45) is 60.9. The molecule has 0 aromatic rings. The predicted molar refractivity (Wildman–Crippen MR) is 261 cm³/mol. The van der Waals surface area contributed by atoms with Crippen LogP contribution in [0, 0.1) is 0 Å². The van der Waals surface area contributed by atoms with Crippen molar-refractivity contribution in [2.24, 2.45) is 0 Å². The minimum atomic E-state index is -0.812. The van der Waals surface area contributed by atoms with Gasteiger partial charge in [-0.25, -0.2) is 0 Å². The zero-order chi connectivity index (χ0) is 44.4. The lowest BCUT2D eigenvalue weighted by atomic mass is 10.0. The number of hydrogen-bond donors (Lipinski definition) is 0. The Morgan fingerprint density at radius 2 is 0.689 bits per heavy atom. The van der Waals surface area contributed by atoms with E-state index in [2.05, 4.69) is 69.4 Å². The van der Waals surface area contributed by atoms with Gasteiger partial charge in [0.2, 0.25) is 0 Å². The second-order valence-electron chi connectivity index (χ2n) is 17.1. The van der Waals surface area contributed by atoms with Crippen LogP contribution in [0.15, 0.2) is 60.8 Å². The maximum Gasteiger partial charge on any atom is 0.306 e. The van der Waals surface area contributed by atoms with Gasteiger partial charge in [0.15, 0.2) is 6.10 Å². The molecule has 1 unspecified atom stereocenters. The Balaban J connectivity index is 4.37. The summed E-state index contributed by atoms with van der Waals surface area (Å²) in [5.41, 5.74) is 0. The van der Waals surface area contributed by atoms with Crippen LogP contribution in [0.1, 0.15) is 252 Å². The lowest BCUT2D eigenvalue weighted by Crippen LogP contribution is -2.30. The van der Waals surface area contributed by atoms with Crippen molar-refractivity contribution in [3.63, 3.8) is 0 Å². The van der Waals surface area contributed by atoms with E-state index in [-0.39, 0.29) is 31.6 Å².